The number of non-ortho nitro benzene ring substituents is 1. The van der Waals surface area contributed by atoms with Crippen LogP contribution in [-0.2, 0) is 11.3 Å². The van der Waals surface area contributed by atoms with Crippen LogP contribution in [0.3, 0.4) is 0 Å². The van der Waals surface area contributed by atoms with E-state index < -0.39 is 34.0 Å². The minimum Gasteiger partial charge on any atom is -0.369 e. The molecule has 0 saturated carbocycles. The van der Waals surface area contributed by atoms with Crippen molar-refractivity contribution in [3.8, 4) is 0 Å². The van der Waals surface area contributed by atoms with Gasteiger partial charge < -0.3 is 10.2 Å². The number of nitro benzene ring substituents is 1. The summed E-state index contributed by atoms with van der Waals surface area (Å²) in [5.74, 6) is -3.01. The number of nitrogens with zero attached hydrogens (tertiary/aromatic N) is 2. The normalized spacial score (nSPS) is 16.8. The van der Waals surface area contributed by atoms with Crippen LogP contribution in [0.25, 0.3) is 0 Å². The van der Waals surface area contributed by atoms with Crippen LogP contribution >= 0.6 is 0 Å². The third kappa shape index (κ3) is 3.61. The van der Waals surface area contributed by atoms with Crippen LogP contribution in [0.2, 0.25) is 0 Å². The first-order valence-corrected chi connectivity index (χ1v) is 7.78. The van der Waals surface area contributed by atoms with E-state index in [2.05, 4.69) is 5.32 Å². The SMILES string of the molecule is O=C1C(Nc2c(F)cc([N+](=O)[O-])cc2F)CCN1Cc1ccc(F)cc1. The number of nitrogens with one attached hydrogen (secondary N) is 1. The molecule has 1 heterocycles. The molecule has 1 N–H and O–H groups in total. The van der Waals surface area contributed by atoms with Gasteiger partial charge in [-0.05, 0) is 24.1 Å². The zero-order chi connectivity index (χ0) is 18.8. The van der Waals surface area contributed by atoms with Crippen LogP contribution in [0, 0.1) is 27.6 Å². The lowest BCUT2D eigenvalue weighted by molar-refractivity contribution is -0.385. The number of hydrogen-bond donors (Lipinski definition) is 1. The fourth-order valence-electron chi connectivity index (χ4n) is 2.82. The second-order valence-corrected chi connectivity index (χ2v) is 5.91. The van der Waals surface area contributed by atoms with Gasteiger partial charge >= 0.3 is 0 Å². The zero-order valence-corrected chi connectivity index (χ0v) is 13.4. The van der Waals surface area contributed by atoms with E-state index in [0.717, 1.165) is 5.56 Å². The van der Waals surface area contributed by atoms with Crippen LogP contribution < -0.4 is 5.32 Å². The maximum atomic E-state index is 14.0. The molecule has 1 aliphatic heterocycles. The number of anilines is 1. The summed E-state index contributed by atoms with van der Waals surface area (Å²) >= 11 is 0. The zero-order valence-electron chi connectivity index (χ0n) is 13.4. The van der Waals surface area contributed by atoms with Gasteiger partial charge in [-0.15, -0.1) is 0 Å². The lowest BCUT2D eigenvalue weighted by Gasteiger charge is -2.18. The van der Waals surface area contributed by atoms with E-state index in [9.17, 15) is 28.1 Å². The van der Waals surface area contributed by atoms with Crippen molar-refractivity contribution in [2.45, 2.75) is 19.0 Å². The second-order valence-electron chi connectivity index (χ2n) is 5.91. The lowest BCUT2D eigenvalue weighted by atomic mass is 10.2. The highest BCUT2D eigenvalue weighted by Gasteiger charge is 2.33. The van der Waals surface area contributed by atoms with Crippen molar-refractivity contribution >= 4 is 17.3 Å². The molecular formula is C17H14F3N3O3. The predicted molar refractivity (Wildman–Crippen MR) is 86.9 cm³/mol. The summed E-state index contributed by atoms with van der Waals surface area (Å²) in [6.45, 7) is 0.618. The van der Waals surface area contributed by atoms with Gasteiger partial charge in [0, 0.05) is 13.1 Å². The highest BCUT2D eigenvalue weighted by atomic mass is 19.1. The van der Waals surface area contributed by atoms with Gasteiger partial charge in [0.25, 0.3) is 5.69 Å². The molecule has 136 valence electrons. The molecule has 1 saturated heterocycles. The van der Waals surface area contributed by atoms with E-state index >= 15 is 0 Å². The fraction of sp³-hybridized carbons (Fsp3) is 0.235. The van der Waals surface area contributed by atoms with E-state index in [4.69, 9.17) is 0 Å². The Morgan fingerprint density at radius 2 is 1.77 bits per heavy atom. The van der Waals surface area contributed by atoms with E-state index in [1.54, 1.807) is 12.1 Å². The first kappa shape index (κ1) is 17.7. The van der Waals surface area contributed by atoms with Gasteiger partial charge in [0.15, 0.2) is 11.6 Å². The Hall–Kier alpha value is -3.10. The van der Waals surface area contributed by atoms with E-state index in [1.165, 1.54) is 17.0 Å². The highest BCUT2D eigenvalue weighted by Crippen LogP contribution is 2.27. The number of carbonyl (C=O) groups is 1. The number of benzene rings is 2. The minimum absolute atomic E-state index is 0.252. The number of likely N-dealkylation sites (tertiary alicyclic amines) is 1. The maximum absolute atomic E-state index is 14.0. The molecule has 1 unspecified atom stereocenters. The molecule has 0 radical (unpaired) electrons. The molecule has 1 aliphatic rings. The molecule has 0 bridgehead atoms. The van der Waals surface area contributed by atoms with Gasteiger partial charge in [-0.25, -0.2) is 13.2 Å². The number of rotatable bonds is 5. The molecule has 0 aliphatic carbocycles. The Morgan fingerprint density at radius 1 is 1.15 bits per heavy atom. The molecule has 6 nitrogen and oxygen atoms in total. The van der Waals surface area contributed by atoms with Crippen molar-refractivity contribution in [2.24, 2.45) is 0 Å². The smallest absolute Gasteiger partial charge is 0.275 e. The summed E-state index contributed by atoms with van der Waals surface area (Å²) in [4.78, 5) is 23.6. The number of amides is 1. The van der Waals surface area contributed by atoms with E-state index in [0.29, 0.717) is 25.1 Å². The van der Waals surface area contributed by atoms with Crippen molar-refractivity contribution < 1.29 is 22.9 Å². The average molecular weight is 365 g/mol. The van der Waals surface area contributed by atoms with Gasteiger partial charge in [0.05, 0.1) is 17.1 Å². The van der Waals surface area contributed by atoms with Crippen LogP contribution in [0.5, 0.6) is 0 Å². The van der Waals surface area contributed by atoms with E-state index in [1.807, 2.05) is 0 Å². The van der Waals surface area contributed by atoms with Crippen molar-refractivity contribution in [1.29, 1.82) is 0 Å². The van der Waals surface area contributed by atoms with Crippen LogP contribution in [0.15, 0.2) is 36.4 Å². The first-order valence-electron chi connectivity index (χ1n) is 7.78. The Bertz CT molecular complexity index is 835. The number of nitro groups is 1. The topological polar surface area (TPSA) is 75.5 Å². The standard InChI is InChI=1S/C17H14F3N3O3/c18-11-3-1-10(2-4-11)9-22-6-5-15(17(22)24)21-16-13(19)7-12(23(25)26)8-14(16)20/h1-4,7-8,15,21H,5-6,9H2. The van der Waals surface area contributed by atoms with Crippen molar-refractivity contribution in [3.63, 3.8) is 0 Å². The Kier molecular flexibility index (Phi) is 4.79. The molecule has 9 heteroatoms. The van der Waals surface area contributed by atoms with Crippen molar-refractivity contribution in [3.05, 3.63) is 69.5 Å². The lowest BCUT2D eigenvalue weighted by Crippen LogP contribution is -2.33. The van der Waals surface area contributed by atoms with Crippen LogP contribution in [-0.4, -0.2) is 28.3 Å². The highest BCUT2D eigenvalue weighted by molar-refractivity contribution is 5.86. The molecule has 2 aromatic carbocycles. The van der Waals surface area contributed by atoms with Crippen molar-refractivity contribution in [2.75, 3.05) is 11.9 Å². The minimum atomic E-state index is -1.14. The summed E-state index contributed by atoms with van der Waals surface area (Å²) < 4.78 is 40.9. The molecular weight excluding hydrogens is 351 g/mol. The second kappa shape index (κ2) is 7.03. The molecule has 26 heavy (non-hydrogen) atoms. The van der Waals surface area contributed by atoms with Crippen LogP contribution in [0.1, 0.15) is 12.0 Å². The van der Waals surface area contributed by atoms with Crippen LogP contribution in [0.4, 0.5) is 24.5 Å². The largest absolute Gasteiger partial charge is 0.369 e. The van der Waals surface area contributed by atoms with E-state index in [-0.39, 0.29) is 18.3 Å². The van der Waals surface area contributed by atoms with Crippen molar-refractivity contribution in [1.82, 2.24) is 4.90 Å². The molecule has 1 fully saturated rings. The Labute approximate surface area is 146 Å². The third-order valence-electron chi connectivity index (χ3n) is 4.14. The Balaban J connectivity index is 1.71. The Morgan fingerprint density at radius 3 is 2.35 bits per heavy atom. The summed E-state index contributed by atoms with van der Waals surface area (Å²) in [6.07, 6.45) is 0.315. The molecule has 0 aromatic heterocycles. The fourth-order valence-corrected chi connectivity index (χ4v) is 2.82. The summed E-state index contributed by atoms with van der Waals surface area (Å²) in [5, 5.41) is 13.1. The van der Waals surface area contributed by atoms with Gasteiger partial charge in [0.1, 0.15) is 17.5 Å². The van der Waals surface area contributed by atoms with Gasteiger partial charge in [-0.1, -0.05) is 12.1 Å². The summed E-state index contributed by atoms with van der Waals surface area (Å²) in [7, 11) is 0. The first-order chi connectivity index (χ1) is 12.3. The molecule has 1 atom stereocenters. The molecule has 3 rings (SSSR count). The third-order valence-corrected chi connectivity index (χ3v) is 4.14. The molecule has 2 aromatic rings. The molecule has 1 amide bonds. The summed E-state index contributed by atoms with van der Waals surface area (Å²) in [5.41, 5.74) is -0.549. The number of halogens is 3. The molecule has 0 spiro atoms. The predicted octanol–water partition coefficient (Wildman–Crippen LogP) is 3.23. The quantitative estimate of drug-likeness (QED) is 0.652. The van der Waals surface area contributed by atoms with Gasteiger partial charge in [-0.2, -0.15) is 0 Å². The van der Waals surface area contributed by atoms with Gasteiger partial charge in [-0.3, -0.25) is 14.9 Å². The maximum Gasteiger partial charge on any atom is 0.275 e. The van der Waals surface area contributed by atoms with Gasteiger partial charge in [0.2, 0.25) is 5.91 Å². The average Bonchev–Trinajstić information content (AvgIpc) is 2.93. The number of hydrogen-bond acceptors (Lipinski definition) is 4. The monoisotopic (exact) mass is 365 g/mol. The number of carbonyl (C=O) groups excluding carboxylic acids is 1. The summed E-state index contributed by atoms with van der Waals surface area (Å²) in [6, 6.07) is 6.03.